The summed E-state index contributed by atoms with van der Waals surface area (Å²) in [5.74, 6) is 4.82. The molecule has 0 saturated carbocycles. The number of ketones is 1. The fourth-order valence-corrected chi connectivity index (χ4v) is 2.26. The van der Waals surface area contributed by atoms with Gasteiger partial charge < -0.3 is 9.84 Å². The number of carbonyl (C=O) groups is 2. The zero-order chi connectivity index (χ0) is 19.2. The number of hydrogen-bond acceptors (Lipinski definition) is 4. The molecular formula is C22H27O4. The van der Waals surface area contributed by atoms with Crippen LogP contribution in [0.25, 0.3) is 0 Å². The smallest absolute Gasteiger partial charge is 0.293 e. The zero-order valence-electron chi connectivity index (χ0n) is 15.4. The van der Waals surface area contributed by atoms with Gasteiger partial charge >= 0.3 is 0 Å². The van der Waals surface area contributed by atoms with Crippen LogP contribution < -0.4 is 0 Å². The van der Waals surface area contributed by atoms with Gasteiger partial charge in [-0.2, -0.15) is 0 Å². The van der Waals surface area contributed by atoms with E-state index in [1.807, 2.05) is 30.3 Å². The van der Waals surface area contributed by atoms with E-state index in [0.29, 0.717) is 6.47 Å². The van der Waals surface area contributed by atoms with Crippen molar-refractivity contribution in [2.75, 3.05) is 0 Å². The number of ether oxygens (including phenoxy) is 1. The molecule has 139 valence electrons. The third kappa shape index (κ3) is 8.31. The highest BCUT2D eigenvalue weighted by Crippen LogP contribution is 2.21. The van der Waals surface area contributed by atoms with E-state index in [1.165, 1.54) is 6.42 Å². The molecule has 1 N–H and O–H groups in total. The van der Waals surface area contributed by atoms with Crippen LogP contribution in [0.2, 0.25) is 0 Å². The predicted molar refractivity (Wildman–Crippen MR) is 101 cm³/mol. The topological polar surface area (TPSA) is 63.6 Å². The number of rotatable bonds is 12. The Morgan fingerprint density at radius 3 is 2.65 bits per heavy atom. The highest BCUT2D eigenvalue weighted by atomic mass is 16.5. The number of Topliss-reactive ketones (excluding diaryl/α,β-unsaturated/α-hetero) is 1. The Morgan fingerprint density at radius 1 is 1.27 bits per heavy atom. The van der Waals surface area contributed by atoms with Gasteiger partial charge in [0.2, 0.25) is 0 Å². The number of hydrogen-bond donors (Lipinski definition) is 1. The van der Waals surface area contributed by atoms with Gasteiger partial charge in [0.25, 0.3) is 6.47 Å². The predicted octanol–water partition coefficient (Wildman–Crippen LogP) is 3.66. The van der Waals surface area contributed by atoms with Crippen molar-refractivity contribution in [3.8, 4) is 11.8 Å². The molecular weight excluding hydrogens is 328 g/mol. The van der Waals surface area contributed by atoms with Crippen LogP contribution in [0.15, 0.2) is 30.3 Å². The zero-order valence-corrected chi connectivity index (χ0v) is 15.4. The monoisotopic (exact) mass is 355 g/mol. The maximum absolute atomic E-state index is 12.2. The minimum atomic E-state index is -0.982. The molecule has 0 aliphatic rings. The van der Waals surface area contributed by atoms with E-state index < -0.39 is 18.1 Å². The standard InChI is InChI=1S/C22H27O4/c1-3-4-5-6-10-14-20(24)18(2)21(25)15-11-16-22(26-17-23)19-12-8-7-9-13-19/h7-9,11-13,15-18,20,22,24H,3-6H2,1-2H3/t18-,20-,22-/m0/s1. The fraction of sp³-hybridized carbons (Fsp3) is 0.409. The first-order valence-corrected chi connectivity index (χ1v) is 8.96. The minimum Gasteiger partial charge on any atom is -0.459 e. The molecule has 0 aliphatic carbocycles. The molecule has 0 saturated heterocycles. The highest BCUT2D eigenvalue weighted by Gasteiger charge is 2.21. The van der Waals surface area contributed by atoms with Gasteiger partial charge in [0.05, 0.1) is 5.92 Å². The number of unbranched alkanes of at least 4 members (excludes halogenated alkanes) is 3. The van der Waals surface area contributed by atoms with Crippen LogP contribution in [0.4, 0.5) is 0 Å². The van der Waals surface area contributed by atoms with Gasteiger partial charge in [0.1, 0.15) is 18.0 Å². The first-order valence-electron chi connectivity index (χ1n) is 8.96. The maximum Gasteiger partial charge on any atom is 0.293 e. The summed E-state index contributed by atoms with van der Waals surface area (Å²) in [5.41, 5.74) is 0.808. The van der Waals surface area contributed by atoms with Gasteiger partial charge in [-0.25, -0.2) is 0 Å². The molecule has 4 nitrogen and oxygen atoms in total. The molecule has 0 heterocycles. The van der Waals surface area contributed by atoms with Gasteiger partial charge in [0.15, 0.2) is 0 Å². The third-order valence-corrected chi connectivity index (χ3v) is 3.95. The molecule has 0 aliphatic heterocycles. The van der Waals surface area contributed by atoms with E-state index in [9.17, 15) is 14.7 Å². The molecule has 1 rings (SSSR count). The van der Waals surface area contributed by atoms with Crippen LogP contribution in [-0.4, -0.2) is 23.5 Å². The van der Waals surface area contributed by atoms with Crippen LogP contribution in [-0.2, 0) is 14.3 Å². The molecule has 0 unspecified atom stereocenters. The van der Waals surface area contributed by atoms with Crippen LogP contribution in [0, 0.1) is 37.0 Å². The average Bonchev–Trinajstić information content (AvgIpc) is 2.67. The summed E-state index contributed by atoms with van der Waals surface area (Å²) in [6, 6.07) is 9.22. The minimum absolute atomic E-state index is 0.227. The summed E-state index contributed by atoms with van der Waals surface area (Å²) < 4.78 is 5.03. The van der Waals surface area contributed by atoms with Crippen LogP contribution in [0.5, 0.6) is 0 Å². The average molecular weight is 355 g/mol. The lowest BCUT2D eigenvalue weighted by Crippen LogP contribution is -2.25. The third-order valence-electron chi connectivity index (χ3n) is 3.95. The second-order valence-electron chi connectivity index (χ2n) is 6.03. The van der Waals surface area contributed by atoms with Crippen molar-refractivity contribution in [1.29, 1.82) is 0 Å². The molecule has 1 aromatic carbocycles. The van der Waals surface area contributed by atoms with Gasteiger partial charge in [0, 0.05) is 19.3 Å². The molecule has 0 bridgehead atoms. The van der Waals surface area contributed by atoms with Gasteiger partial charge in [-0.1, -0.05) is 62.9 Å². The van der Waals surface area contributed by atoms with Crippen LogP contribution >= 0.6 is 0 Å². The van der Waals surface area contributed by atoms with E-state index in [-0.39, 0.29) is 5.78 Å². The van der Waals surface area contributed by atoms with Crippen molar-refractivity contribution < 1.29 is 19.4 Å². The Hall–Kier alpha value is -2.12. The van der Waals surface area contributed by atoms with Crippen molar-refractivity contribution in [1.82, 2.24) is 0 Å². The summed E-state index contributed by atoms with van der Waals surface area (Å²) in [6.07, 6.45) is 6.97. The number of carbonyl (C=O) groups excluding carboxylic acids is 2. The summed E-state index contributed by atoms with van der Waals surface area (Å²) in [6.45, 7) is 4.15. The highest BCUT2D eigenvalue weighted by molar-refractivity contribution is 5.91. The van der Waals surface area contributed by atoms with Crippen molar-refractivity contribution in [3.05, 3.63) is 55.2 Å². The second-order valence-corrected chi connectivity index (χ2v) is 6.03. The molecule has 0 amide bonds. The summed E-state index contributed by atoms with van der Waals surface area (Å²) in [5, 5.41) is 10.0. The molecule has 26 heavy (non-hydrogen) atoms. The lowest BCUT2D eigenvalue weighted by Gasteiger charge is -2.16. The maximum atomic E-state index is 12.2. The lowest BCUT2D eigenvalue weighted by atomic mass is 9.94. The Kier molecular flexibility index (Phi) is 11.1. The van der Waals surface area contributed by atoms with E-state index >= 15 is 0 Å². The normalized spacial score (nSPS) is 13.8. The molecule has 1 aromatic rings. The molecule has 0 fully saturated rings. The Bertz CT molecular complexity index is 585. The van der Waals surface area contributed by atoms with E-state index in [2.05, 4.69) is 18.8 Å². The summed E-state index contributed by atoms with van der Waals surface area (Å²) in [7, 11) is 0. The van der Waals surface area contributed by atoms with Crippen molar-refractivity contribution in [2.45, 2.75) is 51.7 Å². The Balaban J connectivity index is 2.42. The van der Waals surface area contributed by atoms with Crippen molar-refractivity contribution in [2.24, 2.45) is 5.92 Å². The van der Waals surface area contributed by atoms with Gasteiger partial charge in [-0.15, -0.1) is 5.92 Å². The molecule has 0 aromatic heterocycles. The van der Waals surface area contributed by atoms with Gasteiger partial charge in [-0.05, 0) is 18.4 Å². The quantitative estimate of drug-likeness (QED) is 0.353. The van der Waals surface area contributed by atoms with Crippen LogP contribution in [0.3, 0.4) is 0 Å². The molecule has 4 heteroatoms. The Labute approximate surface area is 157 Å². The number of benzene rings is 1. The SMILES string of the molecule is CCCCCC#C[C@H](O)[C@H](C)C(=O)[CH][CH][CH][C@H](OC=O)c1ccccc1. The molecule has 3 radical (unpaired) electrons. The second kappa shape index (κ2) is 13.1. The van der Waals surface area contributed by atoms with Crippen molar-refractivity contribution in [3.63, 3.8) is 0 Å². The lowest BCUT2D eigenvalue weighted by molar-refractivity contribution is -0.132. The summed E-state index contributed by atoms with van der Waals surface area (Å²) in [4.78, 5) is 22.8. The Morgan fingerprint density at radius 2 is 2.00 bits per heavy atom. The summed E-state index contributed by atoms with van der Waals surface area (Å²) >= 11 is 0. The molecule has 3 atom stereocenters. The van der Waals surface area contributed by atoms with E-state index in [0.717, 1.165) is 31.2 Å². The fourth-order valence-electron chi connectivity index (χ4n) is 2.26. The number of aliphatic hydroxyl groups excluding tert-OH is 1. The van der Waals surface area contributed by atoms with Crippen LogP contribution in [0.1, 0.15) is 51.2 Å². The first-order chi connectivity index (χ1) is 12.6. The molecule has 0 spiro atoms. The van der Waals surface area contributed by atoms with Gasteiger partial charge in [-0.3, -0.25) is 9.59 Å². The van der Waals surface area contributed by atoms with E-state index in [4.69, 9.17) is 4.74 Å². The number of aliphatic hydroxyl groups is 1. The van der Waals surface area contributed by atoms with E-state index in [1.54, 1.807) is 19.8 Å². The first kappa shape index (κ1) is 21.9. The largest absolute Gasteiger partial charge is 0.459 e. The van der Waals surface area contributed by atoms with Crippen molar-refractivity contribution >= 4 is 12.3 Å².